The van der Waals surface area contributed by atoms with E-state index in [-0.39, 0.29) is 17.3 Å². The number of amides is 2. The van der Waals surface area contributed by atoms with Gasteiger partial charge in [0.25, 0.3) is 0 Å². The van der Waals surface area contributed by atoms with Gasteiger partial charge in [-0.05, 0) is 36.2 Å². The molecule has 2 N–H and O–H groups in total. The van der Waals surface area contributed by atoms with E-state index in [0.29, 0.717) is 23.0 Å². The maximum Gasteiger partial charge on any atom is 0.319 e. The van der Waals surface area contributed by atoms with Crippen LogP contribution in [0, 0.1) is 12.7 Å². The first-order chi connectivity index (χ1) is 11.7. The first kappa shape index (κ1) is 19.1. The van der Waals surface area contributed by atoms with E-state index in [0.717, 1.165) is 11.1 Å². The number of halogens is 2. The Hall–Kier alpha value is -2.27. The Labute approximate surface area is 152 Å². The quantitative estimate of drug-likeness (QED) is 0.793. The van der Waals surface area contributed by atoms with Crippen molar-refractivity contribution in [3.63, 3.8) is 0 Å². The first-order valence-corrected chi connectivity index (χ1v) is 8.26. The Morgan fingerprint density at radius 3 is 2.48 bits per heavy atom. The molecular formula is C19H22ClFN2O2. The number of urea groups is 1. The van der Waals surface area contributed by atoms with Gasteiger partial charge in [0, 0.05) is 23.0 Å². The summed E-state index contributed by atoms with van der Waals surface area (Å²) in [5.41, 5.74) is 1.98. The number of nitrogens with one attached hydrogen (secondary N) is 2. The molecule has 0 saturated heterocycles. The van der Waals surface area contributed by atoms with Crippen LogP contribution in [0.25, 0.3) is 0 Å². The van der Waals surface area contributed by atoms with Gasteiger partial charge in [-0.2, -0.15) is 0 Å². The molecule has 134 valence electrons. The number of methoxy groups -OCH3 is 1. The van der Waals surface area contributed by atoms with E-state index < -0.39 is 0 Å². The topological polar surface area (TPSA) is 50.4 Å². The predicted molar refractivity (Wildman–Crippen MR) is 99.2 cm³/mol. The Balaban J connectivity index is 2.03. The molecule has 0 heterocycles. The van der Waals surface area contributed by atoms with E-state index in [1.807, 2.05) is 20.8 Å². The van der Waals surface area contributed by atoms with Gasteiger partial charge >= 0.3 is 6.03 Å². The number of aryl methyl sites for hydroxylation is 1. The van der Waals surface area contributed by atoms with Crippen molar-refractivity contribution in [3.05, 3.63) is 58.4 Å². The Bertz CT molecular complexity index is 761. The minimum absolute atomic E-state index is 0.282. The average Bonchev–Trinajstić information content (AvgIpc) is 2.56. The van der Waals surface area contributed by atoms with Gasteiger partial charge in [-0.25, -0.2) is 9.18 Å². The number of hydrogen-bond acceptors (Lipinski definition) is 2. The van der Waals surface area contributed by atoms with Crippen molar-refractivity contribution in [1.82, 2.24) is 5.32 Å². The highest BCUT2D eigenvalue weighted by Gasteiger charge is 2.22. The van der Waals surface area contributed by atoms with Crippen molar-refractivity contribution in [2.45, 2.75) is 26.2 Å². The molecule has 0 aliphatic rings. The summed E-state index contributed by atoms with van der Waals surface area (Å²) in [4.78, 5) is 12.2. The van der Waals surface area contributed by atoms with E-state index in [9.17, 15) is 9.18 Å². The molecule has 0 aromatic heterocycles. The zero-order valence-corrected chi connectivity index (χ0v) is 15.5. The number of carbonyl (C=O) groups is 1. The predicted octanol–water partition coefficient (Wildman–Crippen LogP) is 4.90. The molecule has 0 spiro atoms. The molecule has 2 amide bonds. The lowest BCUT2D eigenvalue weighted by Crippen LogP contribution is -2.39. The number of benzene rings is 2. The van der Waals surface area contributed by atoms with Crippen LogP contribution >= 0.6 is 11.6 Å². The molecular weight excluding hydrogens is 343 g/mol. The maximum absolute atomic E-state index is 13.1. The minimum Gasteiger partial charge on any atom is -0.495 e. The van der Waals surface area contributed by atoms with Gasteiger partial charge in [0.2, 0.25) is 0 Å². The number of rotatable bonds is 5. The number of hydrogen-bond donors (Lipinski definition) is 2. The third-order valence-corrected chi connectivity index (χ3v) is 4.45. The molecule has 0 unspecified atom stereocenters. The van der Waals surface area contributed by atoms with Crippen molar-refractivity contribution in [2.75, 3.05) is 19.0 Å². The highest BCUT2D eigenvalue weighted by Crippen LogP contribution is 2.31. The van der Waals surface area contributed by atoms with Crippen molar-refractivity contribution in [2.24, 2.45) is 0 Å². The molecule has 0 atom stereocenters. The van der Waals surface area contributed by atoms with E-state index in [4.69, 9.17) is 16.3 Å². The second kappa shape index (κ2) is 7.74. The second-order valence-electron chi connectivity index (χ2n) is 6.50. The lowest BCUT2D eigenvalue weighted by atomic mass is 9.84. The summed E-state index contributed by atoms with van der Waals surface area (Å²) in [5, 5.41) is 6.18. The number of carbonyl (C=O) groups excluding carboxylic acids is 1. The number of anilines is 1. The molecule has 2 aromatic carbocycles. The van der Waals surface area contributed by atoms with Gasteiger partial charge in [0.05, 0.1) is 12.8 Å². The van der Waals surface area contributed by atoms with Crippen LogP contribution < -0.4 is 15.4 Å². The fourth-order valence-electron chi connectivity index (χ4n) is 2.40. The molecule has 2 aromatic rings. The lowest BCUT2D eigenvalue weighted by molar-refractivity contribution is 0.249. The third kappa shape index (κ3) is 4.86. The van der Waals surface area contributed by atoms with Gasteiger partial charge in [-0.15, -0.1) is 0 Å². The Morgan fingerprint density at radius 1 is 1.24 bits per heavy atom. The summed E-state index contributed by atoms with van der Waals surface area (Å²) in [6.07, 6.45) is 0. The van der Waals surface area contributed by atoms with Gasteiger partial charge in [-0.3, -0.25) is 0 Å². The van der Waals surface area contributed by atoms with Crippen LogP contribution in [0.2, 0.25) is 5.02 Å². The zero-order valence-electron chi connectivity index (χ0n) is 14.7. The summed E-state index contributed by atoms with van der Waals surface area (Å²) in [7, 11) is 1.52. The van der Waals surface area contributed by atoms with E-state index in [1.54, 1.807) is 24.3 Å². The van der Waals surface area contributed by atoms with Gasteiger partial charge in [0.1, 0.15) is 11.6 Å². The normalized spacial score (nSPS) is 11.1. The van der Waals surface area contributed by atoms with E-state index >= 15 is 0 Å². The summed E-state index contributed by atoms with van der Waals surface area (Å²) in [6.45, 7) is 6.20. The SMILES string of the molecule is COc1cc(Cl)c(C)cc1NC(=O)NCC(C)(C)c1ccc(F)cc1. The van der Waals surface area contributed by atoms with Gasteiger partial charge < -0.3 is 15.4 Å². The largest absolute Gasteiger partial charge is 0.495 e. The summed E-state index contributed by atoms with van der Waals surface area (Å²) >= 11 is 6.07. The lowest BCUT2D eigenvalue weighted by Gasteiger charge is -2.26. The monoisotopic (exact) mass is 364 g/mol. The molecule has 0 radical (unpaired) electrons. The summed E-state index contributed by atoms with van der Waals surface area (Å²) in [6, 6.07) is 9.34. The Morgan fingerprint density at radius 2 is 1.88 bits per heavy atom. The first-order valence-electron chi connectivity index (χ1n) is 7.88. The molecule has 0 bridgehead atoms. The van der Waals surface area contributed by atoms with E-state index in [2.05, 4.69) is 10.6 Å². The van der Waals surface area contributed by atoms with Crippen LogP contribution in [0.1, 0.15) is 25.0 Å². The second-order valence-corrected chi connectivity index (χ2v) is 6.91. The summed E-state index contributed by atoms with van der Waals surface area (Å²) < 4.78 is 18.3. The van der Waals surface area contributed by atoms with Gasteiger partial charge in [-0.1, -0.05) is 37.6 Å². The van der Waals surface area contributed by atoms with Crippen LogP contribution in [0.3, 0.4) is 0 Å². The standard InChI is InChI=1S/C19H22ClFN2O2/c1-12-9-16(17(25-4)10-15(12)20)23-18(24)22-11-19(2,3)13-5-7-14(21)8-6-13/h5-10H,11H2,1-4H3,(H2,22,23,24). The molecule has 2 rings (SSSR count). The highest BCUT2D eigenvalue weighted by molar-refractivity contribution is 6.31. The molecule has 25 heavy (non-hydrogen) atoms. The van der Waals surface area contributed by atoms with Gasteiger partial charge in [0.15, 0.2) is 0 Å². The molecule has 6 heteroatoms. The smallest absolute Gasteiger partial charge is 0.319 e. The fraction of sp³-hybridized carbons (Fsp3) is 0.316. The third-order valence-electron chi connectivity index (χ3n) is 4.05. The van der Waals surface area contributed by atoms with Crippen LogP contribution in [0.15, 0.2) is 36.4 Å². The molecule has 0 aliphatic carbocycles. The molecule has 0 saturated carbocycles. The molecule has 0 aliphatic heterocycles. The zero-order chi connectivity index (χ0) is 18.6. The van der Waals surface area contributed by atoms with E-state index in [1.165, 1.54) is 19.2 Å². The highest BCUT2D eigenvalue weighted by atomic mass is 35.5. The van der Waals surface area contributed by atoms with Crippen LogP contribution in [0.5, 0.6) is 5.75 Å². The maximum atomic E-state index is 13.1. The molecule has 4 nitrogen and oxygen atoms in total. The fourth-order valence-corrected chi connectivity index (χ4v) is 2.55. The number of ether oxygens (including phenoxy) is 1. The van der Waals surface area contributed by atoms with Crippen molar-refractivity contribution < 1.29 is 13.9 Å². The Kier molecular flexibility index (Phi) is 5.90. The van der Waals surface area contributed by atoms with Crippen molar-refractivity contribution in [1.29, 1.82) is 0 Å². The van der Waals surface area contributed by atoms with Crippen LogP contribution in [-0.2, 0) is 5.41 Å². The summed E-state index contributed by atoms with van der Waals surface area (Å²) in [5.74, 6) is 0.207. The molecule has 0 fully saturated rings. The van der Waals surface area contributed by atoms with Crippen LogP contribution in [-0.4, -0.2) is 19.7 Å². The average molecular weight is 365 g/mol. The minimum atomic E-state index is -0.352. The van der Waals surface area contributed by atoms with Crippen molar-refractivity contribution >= 4 is 23.3 Å². The van der Waals surface area contributed by atoms with Crippen LogP contribution in [0.4, 0.5) is 14.9 Å². The van der Waals surface area contributed by atoms with Crippen molar-refractivity contribution in [3.8, 4) is 5.75 Å².